The first-order chi connectivity index (χ1) is 12.5. The van der Waals surface area contributed by atoms with E-state index >= 15 is 0 Å². The predicted octanol–water partition coefficient (Wildman–Crippen LogP) is 3.33. The van der Waals surface area contributed by atoms with E-state index in [4.69, 9.17) is 16.1 Å². The third kappa shape index (κ3) is 2.73. The third-order valence-corrected chi connectivity index (χ3v) is 5.42. The van der Waals surface area contributed by atoms with Crippen molar-refractivity contribution in [1.29, 1.82) is 0 Å². The second kappa shape index (κ2) is 6.34. The second-order valence-electron chi connectivity index (χ2n) is 6.14. The molecule has 0 aliphatic heterocycles. The van der Waals surface area contributed by atoms with Crippen LogP contribution in [0.5, 0.6) is 0 Å². The van der Waals surface area contributed by atoms with Crippen molar-refractivity contribution in [3.63, 3.8) is 0 Å². The molecule has 26 heavy (non-hydrogen) atoms. The molecule has 0 aromatic carbocycles. The SMILES string of the molecule is Cc1noc(C)c1-c1c[n+](Cc2cnc(Cl)s2)c2c(C)cccn2c1=O. The molecule has 4 rings (SSSR count). The zero-order valence-electron chi connectivity index (χ0n) is 14.5. The number of thiazole rings is 1. The fourth-order valence-electron chi connectivity index (χ4n) is 3.22. The molecular formula is C18H16ClN4O2S+. The molecule has 0 amide bonds. The molecule has 0 atom stereocenters. The van der Waals surface area contributed by atoms with Crippen LogP contribution in [0.2, 0.25) is 4.47 Å². The lowest BCUT2D eigenvalue weighted by molar-refractivity contribution is -0.665. The van der Waals surface area contributed by atoms with E-state index in [2.05, 4.69) is 10.1 Å². The lowest BCUT2D eigenvalue weighted by atomic mass is 10.1. The highest BCUT2D eigenvalue weighted by atomic mass is 35.5. The normalized spacial score (nSPS) is 11.4. The molecule has 4 heterocycles. The zero-order chi connectivity index (χ0) is 18.4. The van der Waals surface area contributed by atoms with Gasteiger partial charge < -0.3 is 4.52 Å². The van der Waals surface area contributed by atoms with E-state index in [0.29, 0.717) is 28.0 Å². The van der Waals surface area contributed by atoms with E-state index in [1.54, 1.807) is 16.8 Å². The van der Waals surface area contributed by atoms with Crippen molar-refractivity contribution in [1.82, 2.24) is 14.5 Å². The summed E-state index contributed by atoms with van der Waals surface area (Å²) in [5.74, 6) is 0.625. The van der Waals surface area contributed by atoms with Crippen LogP contribution in [0.1, 0.15) is 21.9 Å². The fourth-order valence-corrected chi connectivity index (χ4v) is 4.20. The van der Waals surface area contributed by atoms with Gasteiger partial charge in [0.15, 0.2) is 4.47 Å². The number of halogens is 1. The van der Waals surface area contributed by atoms with Gasteiger partial charge >= 0.3 is 5.56 Å². The van der Waals surface area contributed by atoms with E-state index in [-0.39, 0.29) is 5.56 Å². The largest absolute Gasteiger partial charge is 0.361 e. The summed E-state index contributed by atoms with van der Waals surface area (Å²) >= 11 is 7.40. The Morgan fingerprint density at radius 3 is 2.81 bits per heavy atom. The number of aryl methyl sites for hydroxylation is 3. The summed E-state index contributed by atoms with van der Waals surface area (Å²) in [5.41, 5.74) is 3.72. The zero-order valence-corrected chi connectivity index (χ0v) is 16.1. The molecule has 8 heteroatoms. The maximum atomic E-state index is 13.1. The monoisotopic (exact) mass is 387 g/mol. The summed E-state index contributed by atoms with van der Waals surface area (Å²) in [5, 5.41) is 3.99. The molecule has 0 bridgehead atoms. The number of fused-ring (bicyclic) bond motifs is 1. The highest BCUT2D eigenvalue weighted by molar-refractivity contribution is 7.15. The molecule has 0 aliphatic carbocycles. The van der Waals surface area contributed by atoms with Gasteiger partial charge in [-0.3, -0.25) is 0 Å². The summed E-state index contributed by atoms with van der Waals surface area (Å²) in [6.07, 6.45) is 5.41. The Morgan fingerprint density at radius 2 is 2.15 bits per heavy atom. The highest BCUT2D eigenvalue weighted by Crippen LogP contribution is 2.24. The first-order valence-electron chi connectivity index (χ1n) is 8.03. The van der Waals surface area contributed by atoms with Crippen LogP contribution in [0.15, 0.2) is 40.0 Å². The molecule has 0 saturated carbocycles. The Kier molecular flexibility index (Phi) is 4.13. The molecule has 0 N–H and O–H groups in total. The predicted molar refractivity (Wildman–Crippen MR) is 99.8 cm³/mol. The summed E-state index contributed by atoms with van der Waals surface area (Å²) in [4.78, 5) is 18.3. The highest BCUT2D eigenvalue weighted by Gasteiger charge is 2.24. The molecule has 0 unspecified atom stereocenters. The third-order valence-electron chi connectivity index (χ3n) is 4.32. The Hall–Kier alpha value is -2.51. The van der Waals surface area contributed by atoms with Gasteiger partial charge in [-0.1, -0.05) is 16.8 Å². The van der Waals surface area contributed by atoms with Crippen molar-refractivity contribution in [2.45, 2.75) is 27.3 Å². The minimum atomic E-state index is -0.100. The lowest BCUT2D eigenvalue weighted by Crippen LogP contribution is -2.41. The van der Waals surface area contributed by atoms with Gasteiger partial charge in [-0.25, -0.2) is 14.3 Å². The Morgan fingerprint density at radius 1 is 1.35 bits per heavy atom. The number of rotatable bonds is 3. The molecule has 6 nitrogen and oxygen atoms in total. The molecule has 132 valence electrons. The van der Waals surface area contributed by atoms with Gasteiger partial charge in [-0.15, -0.1) is 11.3 Å². The number of hydrogen-bond acceptors (Lipinski definition) is 5. The summed E-state index contributed by atoms with van der Waals surface area (Å²) in [7, 11) is 0. The molecule has 0 fully saturated rings. The van der Waals surface area contributed by atoms with Gasteiger partial charge in [0.25, 0.3) is 5.65 Å². The van der Waals surface area contributed by atoms with Crippen molar-refractivity contribution < 1.29 is 9.09 Å². The van der Waals surface area contributed by atoms with Gasteiger partial charge in [0, 0.05) is 11.8 Å². The van der Waals surface area contributed by atoms with Gasteiger partial charge in [-0.05, 0) is 32.9 Å². The Labute approximate surface area is 158 Å². The van der Waals surface area contributed by atoms with Crippen molar-refractivity contribution in [2.24, 2.45) is 0 Å². The number of nitrogens with zero attached hydrogens (tertiary/aromatic N) is 4. The summed E-state index contributed by atoms with van der Waals surface area (Å²) < 4.78 is 9.48. The van der Waals surface area contributed by atoms with Crippen molar-refractivity contribution in [3.05, 3.63) is 67.4 Å². The van der Waals surface area contributed by atoms with Crippen LogP contribution < -0.4 is 10.1 Å². The van der Waals surface area contributed by atoms with Crippen molar-refractivity contribution in [3.8, 4) is 11.1 Å². The Bertz CT molecular complexity index is 1170. The lowest BCUT2D eigenvalue weighted by Gasteiger charge is -2.07. The average molecular weight is 388 g/mol. The molecule has 0 radical (unpaired) electrons. The molecule has 0 spiro atoms. The molecular weight excluding hydrogens is 372 g/mol. The van der Waals surface area contributed by atoms with Crippen molar-refractivity contribution >= 4 is 28.6 Å². The topological polar surface area (TPSA) is 64.3 Å². The van der Waals surface area contributed by atoms with E-state index in [0.717, 1.165) is 21.7 Å². The summed E-state index contributed by atoms with van der Waals surface area (Å²) in [6, 6.07) is 3.86. The molecule has 0 aliphatic rings. The minimum absolute atomic E-state index is 0.100. The van der Waals surface area contributed by atoms with Gasteiger partial charge in [0.1, 0.15) is 24.1 Å². The second-order valence-corrected chi connectivity index (χ2v) is 7.84. The average Bonchev–Trinajstić information content (AvgIpc) is 3.16. The molecule has 0 saturated heterocycles. The van der Waals surface area contributed by atoms with Gasteiger partial charge in [0.2, 0.25) is 0 Å². The van der Waals surface area contributed by atoms with Crippen LogP contribution in [0.4, 0.5) is 0 Å². The van der Waals surface area contributed by atoms with E-state index in [1.807, 2.05) is 43.7 Å². The minimum Gasteiger partial charge on any atom is -0.361 e. The number of pyridine rings is 1. The van der Waals surface area contributed by atoms with Crippen LogP contribution in [0, 0.1) is 20.8 Å². The smallest absolute Gasteiger partial charge is 0.350 e. The van der Waals surface area contributed by atoms with Crippen LogP contribution in [-0.2, 0) is 6.54 Å². The van der Waals surface area contributed by atoms with E-state index in [1.165, 1.54) is 11.3 Å². The molecule has 4 aromatic rings. The number of aromatic nitrogens is 4. The first-order valence-corrected chi connectivity index (χ1v) is 9.23. The standard InChI is InChI=1S/C18H16ClN4O2S/c1-10-5-4-6-23-16(10)22(8-13-7-20-18(19)26-13)9-14(17(23)24)15-11(2)21-25-12(15)3/h4-7,9H,8H2,1-3H3/q+1. The summed E-state index contributed by atoms with van der Waals surface area (Å²) in [6.45, 7) is 6.20. The van der Waals surface area contributed by atoms with Crippen LogP contribution in [0.25, 0.3) is 16.8 Å². The fraction of sp³-hybridized carbons (Fsp3) is 0.222. The van der Waals surface area contributed by atoms with Crippen molar-refractivity contribution in [2.75, 3.05) is 0 Å². The first kappa shape index (κ1) is 16.9. The van der Waals surface area contributed by atoms with Gasteiger partial charge in [-0.2, -0.15) is 4.40 Å². The molecule has 4 aromatic heterocycles. The van der Waals surface area contributed by atoms with Crippen LogP contribution >= 0.6 is 22.9 Å². The Balaban J connectivity index is 2.03. The maximum absolute atomic E-state index is 13.1. The maximum Gasteiger partial charge on any atom is 0.350 e. The quantitative estimate of drug-likeness (QED) is 0.506. The van der Waals surface area contributed by atoms with Crippen LogP contribution in [0.3, 0.4) is 0 Å². The van der Waals surface area contributed by atoms with Crippen LogP contribution in [-0.4, -0.2) is 14.5 Å². The van der Waals surface area contributed by atoms with E-state index < -0.39 is 0 Å². The number of hydrogen-bond donors (Lipinski definition) is 0. The van der Waals surface area contributed by atoms with E-state index in [9.17, 15) is 4.79 Å². The van der Waals surface area contributed by atoms with Gasteiger partial charge in [0.05, 0.1) is 22.3 Å².